The average molecular weight is 426 g/mol. The first-order chi connectivity index (χ1) is 14.6. The van der Waals surface area contributed by atoms with Crippen molar-refractivity contribution >= 4 is 33.8 Å². The number of hydrogen-bond acceptors (Lipinski definition) is 6. The van der Waals surface area contributed by atoms with Crippen LogP contribution >= 0.6 is 11.3 Å². The summed E-state index contributed by atoms with van der Waals surface area (Å²) in [5, 5.41) is 4.92. The molecule has 0 spiro atoms. The van der Waals surface area contributed by atoms with E-state index in [-0.39, 0.29) is 11.8 Å². The maximum atomic E-state index is 13.0. The van der Waals surface area contributed by atoms with Gasteiger partial charge in [0.05, 0.1) is 16.1 Å². The van der Waals surface area contributed by atoms with Gasteiger partial charge in [0.25, 0.3) is 0 Å². The molecule has 5 rings (SSSR count). The summed E-state index contributed by atoms with van der Waals surface area (Å²) in [5.41, 5.74) is 2.66. The second-order valence-corrected chi connectivity index (χ2v) is 9.26. The molecule has 0 bridgehead atoms. The number of hydrogen-bond donors (Lipinski definition) is 1. The fourth-order valence-corrected chi connectivity index (χ4v) is 5.03. The van der Waals surface area contributed by atoms with Crippen LogP contribution in [0.4, 0.5) is 10.2 Å². The average Bonchev–Trinajstić information content (AvgIpc) is 3.27. The molecule has 6 nitrogen and oxygen atoms in total. The first-order valence-corrected chi connectivity index (χ1v) is 11.3. The van der Waals surface area contributed by atoms with Gasteiger partial charge >= 0.3 is 0 Å². The third-order valence-electron chi connectivity index (χ3n) is 6.19. The van der Waals surface area contributed by atoms with Gasteiger partial charge in [-0.05, 0) is 49.1 Å². The lowest BCUT2D eigenvalue weighted by Crippen LogP contribution is -2.50. The van der Waals surface area contributed by atoms with E-state index >= 15 is 0 Å². The standard InChI is InChI=1S/C22H24FN5OS/c23-18-11-28(12-18)10-14-1-3-15(4-2-14)22(29)27-21-6-16-5-19(20-9-24-13-30-20)25-7-17(16)8-26-21/h5-9,13-15,18H,1-4,10-12H2,(H,26,27,29)/t14-,15-. The topological polar surface area (TPSA) is 71.0 Å². The molecule has 8 heteroatoms. The number of nitrogens with one attached hydrogen (secondary N) is 1. The summed E-state index contributed by atoms with van der Waals surface area (Å²) in [6, 6.07) is 3.91. The number of pyridine rings is 2. The highest BCUT2D eigenvalue weighted by atomic mass is 32.1. The van der Waals surface area contributed by atoms with Crippen LogP contribution in [0.1, 0.15) is 25.7 Å². The van der Waals surface area contributed by atoms with Crippen LogP contribution in [0.2, 0.25) is 0 Å². The first kappa shape index (κ1) is 19.5. The van der Waals surface area contributed by atoms with Crippen molar-refractivity contribution in [2.75, 3.05) is 25.0 Å². The predicted molar refractivity (Wildman–Crippen MR) is 116 cm³/mol. The van der Waals surface area contributed by atoms with Gasteiger partial charge in [-0.3, -0.25) is 19.7 Å². The summed E-state index contributed by atoms with van der Waals surface area (Å²) in [6.07, 6.45) is 8.53. The zero-order valence-corrected chi connectivity index (χ0v) is 17.4. The van der Waals surface area contributed by atoms with Crippen LogP contribution < -0.4 is 5.32 Å². The molecule has 0 atom stereocenters. The van der Waals surface area contributed by atoms with Crippen molar-refractivity contribution in [2.24, 2.45) is 11.8 Å². The number of rotatable bonds is 5. The number of amides is 1. The van der Waals surface area contributed by atoms with E-state index in [0.717, 1.165) is 53.6 Å². The monoisotopic (exact) mass is 425 g/mol. The van der Waals surface area contributed by atoms with Crippen LogP contribution in [0.25, 0.3) is 21.3 Å². The van der Waals surface area contributed by atoms with Crippen LogP contribution in [-0.4, -0.2) is 51.6 Å². The SMILES string of the molecule is O=C(Nc1cc2cc(-c3cncs3)ncc2cn1)[C@H]1CC[C@H](CN2CC(F)C2)CC1. The molecule has 1 aliphatic heterocycles. The van der Waals surface area contributed by atoms with Gasteiger partial charge in [0.1, 0.15) is 12.0 Å². The van der Waals surface area contributed by atoms with Crippen LogP contribution in [0.15, 0.2) is 36.2 Å². The van der Waals surface area contributed by atoms with E-state index in [1.54, 1.807) is 35.4 Å². The van der Waals surface area contributed by atoms with Gasteiger partial charge in [0, 0.05) is 49.5 Å². The van der Waals surface area contributed by atoms with Crippen molar-refractivity contribution in [3.05, 3.63) is 36.2 Å². The van der Waals surface area contributed by atoms with E-state index in [0.29, 0.717) is 24.8 Å². The Bertz CT molecular complexity index is 1030. The molecule has 1 aliphatic carbocycles. The number of nitrogens with zero attached hydrogens (tertiary/aromatic N) is 4. The lowest BCUT2D eigenvalue weighted by Gasteiger charge is -2.38. The molecule has 0 unspecified atom stereocenters. The Kier molecular flexibility index (Phi) is 5.43. The summed E-state index contributed by atoms with van der Waals surface area (Å²) >= 11 is 1.55. The van der Waals surface area contributed by atoms with Gasteiger partial charge in [-0.25, -0.2) is 9.37 Å². The number of thiazole rings is 1. The highest BCUT2D eigenvalue weighted by Crippen LogP contribution is 2.31. The van der Waals surface area contributed by atoms with Crippen molar-refractivity contribution in [2.45, 2.75) is 31.9 Å². The Morgan fingerprint density at radius 2 is 1.90 bits per heavy atom. The number of fused-ring (bicyclic) bond motifs is 1. The molecular weight excluding hydrogens is 401 g/mol. The fraction of sp³-hybridized carbons (Fsp3) is 0.455. The van der Waals surface area contributed by atoms with Gasteiger partial charge in [-0.2, -0.15) is 0 Å². The number of halogens is 1. The quantitative estimate of drug-likeness (QED) is 0.665. The zero-order valence-electron chi connectivity index (χ0n) is 16.6. The largest absolute Gasteiger partial charge is 0.310 e. The third kappa shape index (κ3) is 4.20. The Morgan fingerprint density at radius 1 is 1.10 bits per heavy atom. The van der Waals surface area contributed by atoms with E-state index in [2.05, 4.69) is 25.2 Å². The summed E-state index contributed by atoms with van der Waals surface area (Å²) < 4.78 is 13.0. The molecule has 3 aromatic heterocycles. The number of likely N-dealkylation sites (tertiary alicyclic amines) is 1. The highest BCUT2D eigenvalue weighted by molar-refractivity contribution is 7.13. The van der Waals surface area contributed by atoms with Crippen molar-refractivity contribution < 1.29 is 9.18 Å². The second-order valence-electron chi connectivity index (χ2n) is 8.37. The minimum Gasteiger partial charge on any atom is -0.310 e. The Morgan fingerprint density at radius 3 is 2.63 bits per heavy atom. The molecule has 0 radical (unpaired) electrons. The molecule has 1 N–H and O–H groups in total. The molecule has 1 saturated carbocycles. The summed E-state index contributed by atoms with van der Waals surface area (Å²) in [7, 11) is 0. The second kappa shape index (κ2) is 8.35. The molecule has 4 heterocycles. The lowest BCUT2D eigenvalue weighted by atomic mass is 9.81. The molecule has 30 heavy (non-hydrogen) atoms. The van der Waals surface area contributed by atoms with Crippen molar-refractivity contribution in [1.82, 2.24) is 19.9 Å². The molecule has 2 aliphatic rings. The van der Waals surface area contributed by atoms with Crippen molar-refractivity contribution in [3.63, 3.8) is 0 Å². The van der Waals surface area contributed by atoms with Gasteiger partial charge in [0.2, 0.25) is 5.91 Å². The molecule has 156 valence electrons. The van der Waals surface area contributed by atoms with Crippen LogP contribution in [-0.2, 0) is 4.79 Å². The molecule has 0 aromatic carbocycles. The highest BCUT2D eigenvalue weighted by Gasteiger charge is 2.31. The van der Waals surface area contributed by atoms with Gasteiger partial charge in [-0.1, -0.05) is 0 Å². The first-order valence-electron chi connectivity index (χ1n) is 10.5. The van der Waals surface area contributed by atoms with E-state index < -0.39 is 6.17 Å². The summed E-state index contributed by atoms with van der Waals surface area (Å²) in [6.45, 7) is 2.12. The minimum absolute atomic E-state index is 0.0225. The number of carbonyl (C=O) groups excluding carboxylic acids is 1. The van der Waals surface area contributed by atoms with Gasteiger partial charge < -0.3 is 5.32 Å². The third-order valence-corrected chi connectivity index (χ3v) is 6.98. The predicted octanol–water partition coefficient (Wildman–Crippen LogP) is 4.15. The smallest absolute Gasteiger partial charge is 0.228 e. The summed E-state index contributed by atoms with van der Waals surface area (Å²) in [5.74, 6) is 1.22. The summed E-state index contributed by atoms with van der Waals surface area (Å²) in [4.78, 5) is 28.9. The fourth-order valence-electron chi connectivity index (χ4n) is 4.44. The van der Waals surface area contributed by atoms with Crippen LogP contribution in [0.3, 0.4) is 0 Å². The maximum absolute atomic E-state index is 13.0. The van der Waals surface area contributed by atoms with E-state index in [9.17, 15) is 9.18 Å². The maximum Gasteiger partial charge on any atom is 0.228 e. The molecule has 2 fully saturated rings. The number of aromatic nitrogens is 3. The van der Waals surface area contributed by atoms with Crippen molar-refractivity contribution in [1.29, 1.82) is 0 Å². The minimum atomic E-state index is -0.643. The van der Waals surface area contributed by atoms with Crippen molar-refractivity contribution in [3.8, 4) is 10.6 Å². The van der Waals surface area contributed by atoms with Gasteiger partial charge in [-0.15, -0.1) is 11.3 Å². The Balaban J connectivity index is 1.20. The Labute approximate surface area is 178 Å². The molecular formula is C22H24FN5OS. The zero-order chi connectivity index (χ0) is 20.5. The van der Waals surface area contributed by atoms with E-state index in [1.807, 2.05) is 12.1 Å². The molecule has 1 amide bonds. The number of anilines is 1. The van der Waals surface area contributed by atoms with E-state index in [4.69, 9.17) is 0 Å². The van der Waals surface area contributed by atoms with Gasteiger partial charge in [0.15, 0.2) is 0 Å². The van der Waals surface area contributed by atoms with Crippen LogP contribution in [0.5, 0.6) is 0 Å². The molecule has 1 saturated heterocycles. The number of carbonyl (C=O) groups is 1. The van der Waals surface area contributed by atoms with Crippen LogP contribution in [0, 0.1) is 11.8 Å². The lowest BCUT2D eigenvalue weighted by molar-refractivity contribution is -0.121. The Hall–Kier alpha value is -2.45. The molecule has 3 aromatic rings. The van der Waals surface area contributed by atoms with E-state index in [1.165, 1.54) is 0 Å². The number of alkyl halides is 1. The normalized spacial score (nSPS) is 22.7.